The Bertz CT molecular complexity index is 1440. The molecule has 0 saturated carbocycles. The lowest BCUT2D eigenvalue weighted by atomic mass is 9.95. The van der Waals surface area contributed by atoms with Gasteiger partial charge in [0, 0.05) is 27.0 Å². The smallest absolute Gasteiger partial charge is 0.255 e. The Kier molecular flexibility index (Phi) is 6.67. The number of para-hydroxylation sites is 1. The van der Waals surface area contributed by atoms with Crippen molar-refractivity contribution in [3.05, 3.63) is 111 Å². The van der Waals surface area contributed by atoms with E-state index in [2.05, 4.69) is 20.7 Å². The standard InChI is InChI=1S/C27H23Cl2N5O2/c1-16-6-3-4-9-23(16)33-26(35)24-17(2)32-27-30-15-31-34(27)25(24)18-10-12-19(13-11-18)36-14-20-21(28)7-5-8-22(20)29/h3-13,15,25H,14H2,1-2H3,(H,33,35)(H,30,31,32)/t25-/m0/s1. The molecule has 1 amide bonds. The number of allylic oxidation sites excluding steroid dienone is 1. The molecule has 2 heterocycles. The molecule has 1 atom stereocenters. The zero-order chi connectivity index (χ0) is 25.2. The molecule has 0 unspecified atom stereocenters. The number of carbonyl (C=O) groups is 1. The van der Waals surface area contributed by atoms with Crippen LogP contribution in [0, 0.1) is 6.92 Å². The van der Waals surface area contributed by atoms with Gasteiger partial charge < -0.3 is 15.4 Å². The fraction of sp³-hybridized carbons (Fsp3) is 0.148. The Hall–Kier alpha value is -3.81. The summed E-state index contributed by atoms with van der Waals surface area (Å²) in [7, 11) is 0. The molecule has 0 radical (unpaired) electrons. The maximum Gasteiger partial charge on any atom is 0.255 e. The molecule has 5 rings (SSSR count). The Labute approximate surface area is 218 Å². The van der Waals surface area contributed by atoms with E-state index in [0.29, 0.717) is 33.0 Å². The number of aryl methyl sites for hydroxylation is 1. The predicted molar refractivity (Wildman–Crippen MR) is 142 cm³/mol. The number of nitrogens with one attached hydrogen (secondary N) is 2. The number of nitrogens with zero attached hydrogens (tertiary/aromatic N) is 3. The number of hydrogen-bond acceptors (Lipinski definition) is 5. The SMILES string of the molecule is CC1=C(C(=O)Nc2ccccc2C)[C@H](c2ccc(OCc3c(Cl)cccc3Cl)cc2)n2ncnc2N1. The number of benzene rings is 3. The number of halogens is 2. The summed E-state index contributed by atoms with van der Waals surface area (Å²) < 4.78 is 7.64. The van der Waals surface area contributed by atoms with E-state index < -0.39 is 6.04 Å². The largest absolute Gasteiger partial charge is 0.489 e. The minimum absolute atomic E-state index is 0.214. The zero-order valence-electron chi connectivity index (χ0n) is 19.6. The highest BCUT2D eigenvalue weighted by atomic mass is 35.5. The Morgan fingerprint density at radius 3 is 2.47 bits per heavy atom. The summed E-state index contributed by atoms with van der Waals surface area (Å²) >= 11 is 12.5. The van der Waals surface area contributed by atoms with Gasteiger partial charge in [-0.05, 0) is 55.3 Å². The summed E-state index contributed by atoms with van der Waals surface area (Å²) in [6.07, 6.45) is 1.47. The zero-order valence-corrected chi connectivity index (χ0v) is 21.1. The number of anilines is 2. The lowest BCUT2D eigenvalue weighted by molar-refractivity contribution is -0.113. The molecule has 1 aliphatic rings. The normalized spacial score (nSPS) is 14.7. The van der Waals surface area contributed by atoms with E-state index in [1.807, 2.05) is 62.4 Å². The first-order valence-corrected chi connectivity index (χ1v) is 12.1. The third-order valence-electron chi connectivity index (χ3n) is 6.07. The summed E-state index contributed by atoms with van der Waals surface area (Å²) in [5, 5.41) is 11.7. The molecule has 0 fully saturated rings. The molecule has 0 bridgehead atoms. The number of carbonyl (C=O) groups excluding carboxylic acids is 1. The van der Waals surface area contributed by atoms with Crippen LogP contribution >= 0.6 is 23.2 Å². The molecule has 182 valence electrons. The van der Waals surface area contributed by atoms with E-state index in [1.165, 1.54) is 6.33 Å². The summed E-state index contributed by atoms with van der Waals surface area (Å²) in [6, 6.07) is 20.1. The van der Waals surface area contributed by atoms with Gasteiger partial charge in [-0.2, -0.15) is 10.1 Å². The number of rotatable bonds is 6. The summed E-state index contributed by atoms with van der Waals surface area (Å²) in [6.45, 7) is 4.06. The molecule has 7 nitrogen and oxygen atoms in total. The van der Waals surface area contributed by atoms with Crippen molar-refractivity contribution in [3.8, 4) is 5.75 Å². The number of amides is 1. The lowest BCUT2D eigenvalue weighted by Crippen LogP contribution is -2.31. The quantitative estimate of drug-likeness (QED) is 0.308. The van der Waals surface area contributed by atoms with Crippen LogP contribution in [-0.2, 0) is 11.4 Å². The van der Waals surface area contributed by atoms with Crippen molar-refractivity contribution in [1.29, 1.82) is 0 Å². The van der Waals surface area contributed by atoms with Crippen molar-refractivity contribution < 1.29 is 9.53 Å². The number of fused-ring (bicyclic) bond motifs is 1. The minimum Gasteiger partial charge on any atom is -0.489 e. The molecular weight excluding hydrogens is 497 g/mol. The van der Waals surface area contributed by atoms with E-state index in [0.717, 1.165) is 22.4 Å². The van der Waals surface area contributed by atoms with E-state index in [4.69, 9.17) is 27.9 Å². The summed E-state index contributed by atoms with van der Waals surface area (Å²) in [5.74, 6) is 1.00. The van der Waals surface area contributed by atoms with Gasteiger partial charge in [-0.3, -0.25) is 4.79 Å². The Morgan fingerprint density at radius 2 is 1.75 bits per heavy atom. The highest BCUT2D eigenvalue weighted by Crippen LogP contribution is 2.36. The first-order valence-electron chi connectivity index (χ1n) is 11.3. The topological polar surface area (TPSA) is 81.1 Å². The van der Waals surface area contributed by atoms with E-state index >= 15 is 0 Å². The van der Waals surface area contributed by atoms with Crippen molar-refractivity contribution in [2.45, 2.75) is 26.5 Å². The van der Waals surface area contributed by atoms with Gasteiger partial charge in [0.25, 0.3) is 5.91 Å². The molecule has 1 aliphatic heterocycles. The van der Waals surface area contributed by atoms with Crippen molar-refractivity contribution in [2.24, 2.45) is 0 Å². The Morgan fingerprint density at radius 1 is 1.03 bits per heavy atom. The monoisotopic (exact) mass is 519 g/mol. The van der Waals surface area contributed by atoms with Gasteiger partial charge in [0.05, 0.1) is 5.57 Å². The second-order valence-corrected chi connectivity index (χ2v) is 9.24. The van der Waals surface area contributed by atoms with Crippen LogP contribution in [0.4, 0.5) is 11.6 Å². The number of aromatic nitrogens is 3. The van der Waals surface area contributed by atoms with Gasteiger partial charge >= 0.3 is 0 Å². The lowest BCUT2D eigenvalue weighted by Gasteiger charge is -2.29. The van der Waals surface area contributed by atoms with Gasteiger partial charge in [0.2, 0.25) is 5.95 Å². The van der Waals surface area contributed by atoms with Gasteiger partial charge in [0.1, 0.15) is 24.7 Å². The van der Waals surface area contributed by atoms with Crippen molar-refractivity contribution in [3.63, 3.8) is 0 Å². The van der Waals surface area contributed by atoms with Gasteiger partial charge in [-0.25, -0.2) is 4.68 Å². The Balaban J connectivity index is 1.42. The van der Waals surface area contributed by atoms with Gasteiger partial charge in [0.15, 0.2) is 0 Å². The van der Waals surface area contributed by atoms with Crippen molar-refractivity contribution >= 4 is 40.7 Å². The maximum absolute atomic E-state index is 13.5. The predicted octanol–water partition coefficient (Wildman–Crippen LogP) is 6.40. The van der Waals surface area contributed by atoms with Crippen molar-refractivity contribution in [1.82, 2.24) is 14.8 Å². The first-order chi connectivity index (χ1) is 17.4. The third kappa shape index (κ3) is 4.67. The molecule has 0 aliphatic carbocycles. The fourth-order valence-electron chi connectivity index (χ4n) is 4.17. The van der Waals surface area contributed by atoms with Crippen LogP contribution < -0.4 is 15.4 Å². The molecule has 2 N–H and O–H groups in total. The van der Waals surface area contributed by atoms with E-state index in [1.54, 1.807) is 22.9 Å². The first kappa shape index (κ1) is 23.9. The molecular formula is C27H23Cl2N5O2. The van der Waals surface area contributed by atoms with Crippen LogP contribution in [0.5, 0.6) is 5.75 Å². The van der Waals surface area contributed by atoms with Crippen molar-refractivity contribution in [2.75, 3.05) is 10.6 Å². The molecule has 36 heavy (non-hydrogen) atoms. The number of hydrogen-bond donors (Lipinski definition) is 2. The highest BCUT2D eigenvalue weighted by Gasteiger charge is 2.33. The maximum atomic E-state index is 13.5. The van der Waals surface area contributed by atoms with Crippen LogP contribution in [0.1, 0.15) is 29.7 Å². The van der Waals surface area contributed by atoms with E-state index in [-0.39, 0.29) is 12.5 Å². The van der Waals surface area contributed by atoms with Crippen LogP contribution in [0.15, 0.2) is 84.3 Å². The average Bonchev–Trinajstić information content (AvgIpc) is 3.33. The third-order valence-corrected chi connectivity index (χ3v) is 6.78. The second-order valence-electron chi connectivity index (χ2n) is 8.42. The molecule has 3 aromatic carbocycles. The van der Waals surface area contributed by atoms with Gasteiger partial charge in [-0.15, -0.1) is 0 Å². The minimum atomic E-state index is -0.472. The molecule has 0 saturated heterocycles. The van der Waals surface area contributed by atoms with E-state index in [9.17, 15) is 4.79 Å². The molecule has 0 spiro atoms. The number of ether oxygens (including phenoxy) is 1. The van der Waals surface area contributed by atoms with Crippen LogP contribution in [0.25, 0.3) is 0 Å². The second kappa shape index (κ2) is 10.0. The molecule has 1 aromatic heterocycles. The molecule has 4 aromatic rings. The summed E-state index contributed by atoms with van der Waals surface area (Å²) in [4.78, 5) is 17.8. The van der Waals surface area contributed by atoms with Gasteiger partial charge in [-0.1, -0.05) is 59.6 Å². The summed E-state index contributed by atoms with van der Waals surface area (Å²) in [5.41, 5.74) is 4.58. The molecule has 9 heteroatoms. The van der Waals surface area contributed by atoms with Crippen LogP contribution in [0.2, 0.25) is 10.0 Å². The fourth-order valence-corrected chi connectivity index (χ4v) is 4.67. The van der Waals surface area contributed by atoms with Crippen LogP contribution in [0.3, 0.4) is 0 Å². The average molecular weight is 520 g/mol. The highest BCUT2D eigenvalue weighted by molar-refractivity contribution is 6.35. The van der Waals surface area contributed by atoms with Crippen LogP contribution in [-0.4, -0.2) is 20.7 Å².